The predicted molar refractivity (Wildman–Crippen MR) is 107 cm³/mol. The molecule has 11 heteroatoms. The van der Waals surface area contributed by atoms with Gasteiger partial charge < -0.3 is 5.11 Å². The molecule has 0 saturated heterocycles. The van der Waals surface area contributed by atoms with Gasteiger partial charge in [0.1, 0.15) is 5.69 Å². The number of phenolic OH excluding ortho intramolecular Hbond substituents is 1. The molecule has 3 N–H and O–H groups in total. The van der Waals surface area contributed by atoms with Gasteiger partial charge >= 0.3 is 0 Å². The van der Waals surface area contributed by atoms with E-state index in [1.807, 2.05) is 19.9 Å². The Morgan fingerprint density at radius 3 is 2.03 bits per heavy atom. The zero-order valence-electron chi connectivity index (χ0n) is 15.2. The predicted octanol–water partition coefficient (Wildman–Crippen LogP) is 6.43. The largest absolute Gasteiger partial charge is 0.505 e. The van der Waals surface area contributed by atoms with Crippen molar-refractivity contribution in [2.45, 2.75) is 23.6 Å². The number of phenols is 1. The van der Waals surface area contributed by atoms with E-state index in [0.29, 0.717) is 26.3 Å². The summed E-state index contributed by atoms with van der Waals surface area (Å²) >= 11 is 1.60. The summed E-state index contributed by atoms with van der Waals surface area (Å²) in [6, 6.07) is 12.3. The van der Waals surface area contributed by atoms with Gasteiger partial charge in [-0.25, -0.2) is 10.5 Å². The van der Waals surface area contributed by atoms with E-state index in [0.717, 1.165) is 35.2 Å². The fourth-order valence-corrected chi connectivity index (χ4v) is 3.67. The third-order valence-electron chi connectivity index (χ3n) is 4.03. The van der Waals surface area contributed by atoms with Gasteiger partial charge in [-0.05, 0) is 37.1 Å². The molecule has 3 aromatic rings. The maximum atomic E-state index is 10.6. The lowest BCUT2D eigenvalue weighted by atomic mass is 10.1. The van der Waals surface area contributed by atoms with Crippen LogP contribution in [0.25, 0.3) is 10.8 Å². The van der Waals surface area contributed by atoms with Crippen molar-refractivity contribution in [1.29, 1.82) is 0 Å². The topological polar surface area (TPSA) is 122 Å². The summed E-state index contributed by atoms with van der Waals surface area (Å²) in [5.41, 5.74) is 2.50. The number of hydrogen-bond donors (Lipinski definition) is 3. The summed E-state index contributed by atoms with van der Waals surface area (Å²) in [6.45, 7) is 3.74. The van der Waals surface area contributed by atoms with E-state index < -0.39 is 0 Å². The first-order valence-electron chi connectivity index (χ1n) is 8.12. The molecule has 0 bridgehead atoms. The number of aryl methyl sites for hydroxylation is 2. The summed E-state index contributed by atoms with van der Waals surface area (Å²) in [4.78, 5) is 1.23. The minimum absolute atomic E-state index is 0.0463. The summed E-state index contributed by atoms with van der Waals surface area (Å²) in [7, 11) is 0. The Balaban J connectivity index is 2.01. The molecular weight excluding hydrogens is 420 g/mol. The number of aromatic hydroxyl groups is 1. The van der Waals surface area contributed by atoms with E-state index in [9.17, 15) is 5.11 Å². The number of fused-ring (bicyclic) bond motifs is 1. The molecule has 0 aliphatic carbocycles. The van der Waals surface area contributed by atoms with E-state index in [1.165, 1.54) is 0 Å². The third-order valence-corrected chi connectivity index (χ3v) is 5.42. The SMILES string of the molecule is Cc1cc(C)c(SOOO)cc1N=Nc1cc(SOOO)c2ccccc2c1O. The van der Waals surface area contributed by atoms with E-state index in [4.69, 9.17) is 10.5 Å². The van der Waals surface area contributed by atoms with Crippen LogP contribution in [-0.2, 0) is 18.7 Å². The quantitative estimate of drug-likeness (QED) is 0.158. The van der Waals surface area contributed by atoms with Gasteiger partial charge in [0.25, 0.3) is 0 Å². The van der Waals surface area contributed by atoms with E-state index >= 15 is 0 Å². The molecule has 0 amide bonds. The van der Waals surface area contributed by atoms with Crippen molar-refractivity contribution in [3.8, 4) is 5.75 Å². The highest BCUT2D eigenvalue weighted by Gasteiger charge is 2.13. The lowest BCUT2D eigenvalue weighted by molar-refractivity contribution is -0.432. The van der Waals surface area contributed by atoms with Gasteiger partial charge in [0, 0.05) is 20.6 Å². The highest BCUT2D eigenvalue weighted by atomic mass is 32.2. The van der Waals surface area contributed by atoms with E-state index in [2.05, 4.69) is 29.0 Å². The van der Waals surface area contributed by atoms with Crippen LogP contribution < -0.4 is 0 Å². The molecule has 29 heavy (non-hydrogen) atoms. The third kappa shape index (κ3) is 5.04. The Labute approximate surface area is 174 Å². The van der Waals surface area contributed by atoms with Crippen LogP contribution in [0.4, 0.5) is 11.4 Å². The lowest BCUT2D eigenvalue weighted by Crippen LogP contribution is -1.86. The van der Waals surface area contributed by atoms with Gasteiger partial charge in [-0.1, -0.05) is 40.4 Å². The minimum Gasteiger partial charge on any atom is -0.505 e. The molecular formula is C18H16N2O7S2. The number of azo groups is 1. The van der Waals surface area contributed by atoms with E-state index in [1.54, 1.807) is 36.4 Å². The van der Waals surface area contributed by atoms with Crippen LogP contribution >= 0.6 is 24.1 Å². The number of rotatable bonds is 8. The normalized spacial score (nSPS) is 11.6. The van der Waals surface area contributed by atoms with Crippen molar-refractivity contribution >= 4 is 46.2 Å². The standard InChI is InChI=1S/C18H16N2O7S2/c1-10-7-11(2)16(28-26-24-22)8-14(10)19-20-15-9-17(29-27-25-23)12-5-3-4-6-13(12)18(15)21/h3-9,21-23H,1-2H3. The Hall–Kier alpha value is -2.22. The first-order valence-corrected chi connectivity index (χ1v) is 9.60. The molecule has 0 atom stereocenters. The van der Waals surface area contributed by atoms with E-state index in [-0.39, 0.29) is 11.4 Å². The van der Waals surface area contributed by atoms with Gasteiger partial charge in [-0.15, -0.1) is 13.8 Å². The molecule has 3 aromatic carbocycles. The zero-order chi connectivity index (χ0) is 20.8. The monoisotopic (exact) mass is 436 g/mol. The Morgan fingerprint density at radius 2 is 1.34 bits per heavy atom. The molecule has 9 nitrogen and oxygen atoms in total. The molecule has 0 aromatic heterocycles. The molecule has 0 saturated carbocycles. The highest BCUT2D eigenvalue weighted by Crippen LogP contribution is 2.42. The maximum Gasteiger partial charge on any atom is 0.150 e. The van der Waals surface area contributed by atoms with Crippen LogP contribution in [0.2, 0.25) is 0 Å². The molecule has 0 radical (unpaired) electrons. The summed E-state index contributed by atoms with van der Waals surface area (Å²) in [5, 5.41) is 44.4. The second-order valence-corrected chi connectivity index (χ2v) is 7.33. The average molecular weight is 436 g/mol. The maximum absolute atomic E-state index is 10.6. The van der Waals surface area contributed by atoms with Crippen LogP contribution in [0.15, 0.2) is 62.5 Å². The highest BCUT2D eigenvalue weighted by molar-refractivity contribution is 7.95. The van der Waals surface area contributed by atoms with Gasteiger partial charge in [-0.3, -0.25) is 0 Å². The zero-order valence-corrected chi connectivity index (χ0v) is 16.9. The van der Waals surface area contributed by atoms with Gasteiger partial charge in [0.2, 0.25) is 0 Å². The van der Waals surface area contributed by atoms with Crippen molar-refractivity contribution in [3.63, 3.8) is 0 Å². The average Bonchev–Trinajstić information content (AvgIpc) is 2.73. The van der Waals surface area contributed by atoms with Crippen molar-refractivity contribution in [2.24, 2.45) is 10.2 Å². The smallest absolute Gasteiger partial charge is 0.150 e. The van der Waals surface area contributed by atoms with Crippen molar-refractivity contribution < 1.29 is 34.4 Å². The molecule has 0 aliphatic rings. The summed E-state index contributed by atoms with van der Waals surface area (Å²) < 4.78 is 9.03. The molecule has 0 unspecified atom stereocenters. The van der Waals surface area contributed by atoms with Crippen molar-refractivity contribution in [3.05, 3.63) is 53.6 Å². The van der Waals surface area contributed by atoms with Crippen LogP contribution in [0.1, 0.15) is 11.1 Å². The van der Waals surface area contributed by atoms with Crippen LogP contribution in [-0.4, -0.2) is 15.6 Å². The molecule has 0 aliphatic heterocycles. The molecule has 3 rings (SSSR count). The Morgan fingerprint density at radius 1 is 0.759 bits per heavy atom. The fraction of sp³-hybridized carbons (Fsp3) is 0.111. The molecule has 0 heterocycles. The number of benzene rings is 3. The minimum atomic E-state index is -0.0463. The van der Waals surface area contributed by atoms with Crippen LogP contribution in [0, 0.1) is 13.8 Å². The van der Waals surface area contributed by atoms with Gasteiger partial charge in [0.05, 0.1) is 29.8 Å². The summed E-state index contributed by atoms with van der Waals surface area (Å²) in [5.74, 6) is -0.0463. The first-order chi connectivity index (χ1) is 14.0. The second-order valence-electron chi connectivity index (χ2n) is 5.84. The lowest BCUT2D eigenvalue weighted by Gasteiger charge is -2.09. The van der Waals surface area contributed by atoms with Gasteiger partial charge in [0.15, 0.2) is 5.75 Å². The Bertz CT molecular complexity index is 1050. The number of hydrogen-bond acceptors (Lipinski definition) is 11. The van der Waals surface area contributed by atoms with Crippen LogP contribution in [0.3, 0.4) is 0 Å². The first kappa shape index (κ1) is 21.5. The Kier molecular flexibility index (Phi) is 7.41. The second kappa shape index (κ2) is 10.0. The van der Waals surface area contributed by atoms with Crippen molar-refractivity contribution in [1.82, 2.24) is 0 Å². The summed E-state index contributed by atoms with van der Waals surface area (Å²) in [6.07, 6.45) is 0. The fourth-order valence-electron chi connectivity index (χ4n) is 2.69. The number of nitrogens with zero attached hydrogens (tertiary/aromatic N) is 2. The molecule has 152 valence electrons. The molecule has 0 fully saturated rings. The van der Waals surface area contributed by atoms with Crippen LogP contribution in [0.5, 0.6) is 5.75 Å². The van der Waals surface area contributed by atoms with Gasteiger partial charge in [-0.2, -0.15) is 5.11 Å². The molecule has 0 spiro atoms. The van der Waals surface area contributed by atoms with Crippen molar-refractivity contribution in [2.75, 3.05) is 0 Å².